The van der Waals surface area contributed by atoms with Crippen molar-refractivity contribution >= 4 is 5.91 Å². The fourth-order valence-electron chi connectivity index (χ4n) is 2.37. The van der Waals surface area contributed by atoms with Crippen molar-refractivity contribution in [2.45, 2.75) is 6.42 Å². The van der Waals surface area contributed by atoms with Crippen LogP contribution >= 0.6 is 0 Å². The molecule has 0 spiro atoms. The highest BCUT2D eigenvalue weighted by atomic mass is 19.1. The first-order valence-corrected chi connectivity index (χ1v) is 7.08. The molecule has 2 rings (SSSR count). The molecule has 1 aromatic carbocycles. The van der Waals surface area contributed by atoms with Crippen LogP contribution in [0.15, 0.2) is 18.2 Å². The molecule has 5 heteroatoms. The van der Waals surface area contributed by atoms with Crippen molar-refractivity contribution in [3.05, 3.63) is 35.1 Å². The highest BCUT2D eigenvalue weighted by Crippen LogP contribution is 2.14. The third kappa shape index (κ3) is 4.03. The molecule has 1 aliphatic rings. The standard InChI is InChI=1S/C16H20FN3O/c1-19-8-3-9-20(11-10-19)16(21)15-6-5-14(17)12-13(15)4-2-7-18/h5-6,12H,3,7-11,18H2,1H3. The highest BCUT2D eigenvalue weighted by molar-refractivity contribution is 5.96. The van der Waals surface area contributed by atoms with E-state index in [2.05, 4.69) is 16.7 Å². The number of nitrogens with zero attached hydrogens (tertiary/aromatic N) is 2. The van der Waals surface area contributed by atoms with Crippen LogP contribution in [0.1, 0.15) is 22.3 Å². The maximum absolute atomic E-state index is 13.4. The van der Waals surface area contributed by atoms with Crippen molar-refractivity contribution in [2.24, 2.45) is 5.73 Å². The maximum atomic E-state index is 13.4. The summed E-state index contributed by atoms with van der Waals surface area (Å²) in [5, 5.41) is 0. The van der Waals surface area contributed by atoms with Gasteiger partial charge in [-0.2, -0.15) is 0 Å². The zero-order valence-corrected chi connectivity index (χ0v) is 12.2. The van der Waals surface area contributed by atoms with E-state index in [1.807, 2.05) is 11.9 Å². The van der Waals surface area contributed by atoms with Crippen molar-refractivity contribution in [2.75, 3.05) is 39.8 Å². The van der Waals surface area contributed by atoms with Gasteiger partial charge in [0.15, 0.2) is 0 Å². The molecule has 0 saturated carbocycles. The van der Waals surface area contributed by atoms with Gasteiger partial charge in [-0.25, -0.2) is 4.39 Å². The number of rotatable bonds is 1. The van der Waals surface area contributed by atoms with Crippen LogP contribution in [0, 0.1) is 17.7 Å². The third-order valence-corrected chi connectivity index (χ3v) is 3.54. The van der Waals surface area contributed by atoms with Gasteiger partial charge in [0, 0.05) is 25.2 Å². The SMILES string of the molecule is CN1CCCN(C(=O)c2ccc(F)cc2C#CCN)CC1. The Labute approximate surface area is 124 Å². The highest BCUT2D eigenvalue weighted by Gasteiger charge is 2.21. The van der Waals surface area contributed by atoms with E-state index >= 15 is 0 Å². The lowest BCUT2D eigenvalue weighted by atomic mass is 10.1. The normalized spacial score (nSPS) is 16.0. The zero-order valence-electron chi connectivity index (χ0n) is 12.2. The molecular formula is C16H20FN3O. The smallest absolute Gasteiger partial charge is 0.255 e. The average molecular weight is 289 g/mol. The Morgan fingerprint density at radius 3 is 2.90 bits per heavy atom. The van der Waals surface area contributed by atoms with Crippen LogP contribution in [0.2, 0.25) is 0 Å². The summed E-state index contributed by atoms with van der Waals surface area (Å²) in [6.45, 7) is 3.39. The number of hydrogen-bond donors (Lipinski definition) is 1. The summed E-state index contributed by atoms with van der Waals surface area (Å²) in [4.78, 5) is 16.7. The lowest BCUT2D eigenvalue weighted by Gasteiger charge is -2.21. The summed E-state index contributed by atoms with van der Waals surface area (Å²) in [5.41, 5.74) is 6.20. The fourth-order valence-corrected chi connectivity index (χ4v) is 2.37. The van der Waals surface area contributed by atoms with Crippen LogP contribution in [0.3, 0.4) is 0 Å². The van der Waals surface area contributed by atoms with Gasteiger partial charge in [0.2, 0.25) is 0 Å². The van der Waals surface area contributed by atoms with Gasteiger partial charge >= 0.3 is 0 Å². The maximum Gasteiger partial charge on any atom is 0.255 e. The third-order valence-electron chi connectivity index (χ3n) is 3.54. The Kier molecular flexibility index (Phi) is 5.32. The largest absolute Gasteiger partial charge is 0.337 e. The second-order valence-electron chi connectivity index (χ2n) is 5.14. The lowest BCUT2D eigenvalue weighted by molar-refractivity contribution is 0.0762. The van der Waals surface area contributed by atoms with E-state index in [1.54, 1.807) is 0 Å². The number of likely N-dealkylation sites (N-methyl/N-ethyl adjacent to an activating group) is 1. The molecule has 0 aliphatic carbocycles. The van der Waals surface area contributed by atoms with Crippen LogP contribution in [0.25, 0.3) is 0 Å². The molecule has 1 fully saturated rings. The molecule has 1 heterocycles. The Bertz CT molecular complexity index is 577. The summed E-state index contributed by atoms with van der Waals surface area (Å²) in [7, 11) is 2.05. The molecular weight excluding hydrogens is 269 g/mol. The van der Waals surface area contributed by atoms with Crippen molar-refractivity contribution in [3.8, 4) is 11.8 Å². The van der Waals surface area contributed by atoms with Gasteiger partial charge in [-0.3, -0.25) is 4.79 Å². The molecule has 112 valence electrons. The molecule has 2 N–H and O–H groups in total. The molecule has 21 heavy (non-hydrogen) atoms. The Morgan fingerprint density at radius 2 is 2.14 bits per heavy atom. The summed E-state index contributed by atoms with van der Waals surface area (Å²) < 4.78 is 13.4. The fraction of sp³-hybridized carbons (Fsp3) is 0.438. The Hall–Kier alpha value is -1.90. The number of halogens is 1. The van der Waals surface area contributed by atoms with Crippen LogP contribution < -0.4 is 5.73 Å². The quantitative estimate of drug-likeness (QED) is 0.782. The minimum atomic E-state index is -0.400. The van der Waals surface area contributed by atoms with Crippen molar-refractivity contribution in [3.63, 3.8) is 0 Å². The van der Waals surface area contributed by atoms with Gasteiger partial charge in [0.1, 0.15) is 5.82 Å². The minimum Gasteiger partial charge on any atom is -0.337 e. The molecule has 0 bridgehead atoms. The minimum absolute atomic E-state index is 0.0911. The number of hydrogen-bond acceptors (Lipinski definition) is 3. The zero-order chi connectivity index (χ0) is 15.2. The number of carbonyl (C=O) groups excluding carboxylic acids is 1. The molecule has 1 aliphatic heterocycles. The predicted octanol–water partition coefficient (Wildman–Crippen LogP) is 0.914. The monoisotopic (exact) mass is 289 g/mol. The van der Waals surface area contributed by atoms with E-state index in [0.29, 0.717) is 24.2 Å². The lowest BCUT2D eigenvalue weighted by Crippen LogP contribution is -2.34. The van der Waals surface area contributed by atoms with E-state index in [0.717, 1.165) is 19.5 Å². The van der Waals surface area contributed by atoms with Gasteiger partial charge in [-0.05, 0) is 38.2 Å². The molecule has 0 aromatic heterocycles. The Morgan fingerprint density at radius 1 is 1.33 bits per heavy atom. The number of nitrogens with two attached hydrogens (primary N) is 1. The van der Waals surface area contributed by atoms with Crippen LogP contribution in [0.5, 0.6) is 0 Å². The summed E-state index contributed by atoms with van der Waals surface area (Å²) in [6.07, 6.45) is 0.938. The van der Waals surface area contributed by atoms with Crippen LogP contribution in [0.4, 0.5) is 4.39 Å². The number of carbonyl (C=O) groups is 1. The van der Waals surface area contributed by atoms with E-state index < -0.39 is 5.82 Å². The summed E-state index contributed by atoms with van der Waals surface area (Å²) >= 11 is 0. The van der Waals surface area contributed by atoms with Gasteiger partial charge in [0.05, 0.1) is 12.1 Å². The molecule has 0 unspecified atom stereocenters. The van der Waals surface area contributed by atoms with E-state index in [4.69, 9.17) is 5.73 Å². The summed E-state index contributed by atoms with van der Waals surface area (Å²) in [6, 6.07) is 4.09. The average Bonchev–Trinajstić information content (AvgIpc) is 2.69. The Balaban J connectivity index is 2.25. The number of amides is 1. The first kappa shape index (κ1) is 15.5. The number of benzene rings is 1. The first-order chi connectivity index (χ1) is 10.1. The van der Waals surface area contributed by atoms with Gasteiger partial charge in [0.25, 0.3) is 5.91 Å². The van der Waals surface area contributed by atoms with E-state index in [1.165, 1.54) is 18.2 Å². The van der Waals surface area contributed by atoms with Gasteiger partial charge < -0.3 is 15.5 Å². The molecule has 1 aromatic rings. The van der Waals surface area contributed by atoms with Gasteiger partial charge in [-0.15, -0.1) is 0 Å². The second kappa shape index (κ2) is 7.21. The summed E-state index contributed by atoms with van der Waals surface area (Å²) in [5.74, 6) is 4.98. The van der Waals surface area contributed by atoms with Crippen LogP contribution in [-0.4, -0.2) is 55.5 Å². The first-order valence-electron chi connectivity index (χ1n) is 7.08. The second-order valence-corrected chi connectivity index (χ2v) is 5.14. The molecule has 0 atom stereocenters. The predicted molar refractivity (Wildman–Crippen MR) is 80.3 cm³/mol. The van der Waals surface area contributed by atoms with E-state index in [9.17, 15) is 9.18 Å². The topological polar surface area (TPSA) is 49.6 Å². The van der Waals surface area contributed by atoms with Crippen LogP contribution in [-0.2, 0) is 0 Å². The molecule has 1 amide bonds. The molecule has 0 radical (unpaired) electrons. The molecule has 1 saturated heterocycles. The van der Waals surface area contributed by atoms with Crippen molar-refractivity contribution < 1.29 is 9.18 Å². The van der Waals surface area contributed by atoms with E-state index in [-0.39, 0.29) is 12.5 Å². The van der Waals surface area contributed by atoms with Crippen molar-refractivity contribution in [1.29, 1.82) is 0 Å². The van der Waals surface area contributed by atoms with Crippen molar-refractivity contribution in [1.82, 2.24) is 9.80 Å². The molecule has 4 nitrogen and oxygen atoms in total. The van der Waals surface area contributed by atoms with Gasteiger partial charge in [-0.1, -0.05) is 11.8 Å².